The number of nitrogens with zero attached hydrogens (tertiary/aromatic N) is 1. The number of carboxylic acids is 1. The first kappa shape index (κ1) is 23.3. The minimum absolute atomic E-state index is 0.108. The highest BCUT2D eigenvalue weighted by Crippen LogP contribution is 2.14. The minimum Gasteiger partial charge on any atom is -0.480 e. The number of hydrogen-bond acceptors (Lipinski definition) is 6. The van der Waals surface area contributed by atoms with E-state index in [1.54, 1.807) is 45.0 Å². The van der Waals surface area contributed by atoms with Gasteiger partial charge in [-0.1, -0.05) is 30.3 Å². The van der Waals surface area contributed by atoms with Crippen LogP contribution in [0.5, 0.6) is 0 Å². The number of hydrogen-bond donors (Lipinski definition) is 3. The van der Waals surface area contributed by atoms with E-state index in [2.05, 4.69) is 10.6 Å². The van der Waals surface area contributed by atoms with Crippen molar-refractivity contribution in [2.75, 3.05) is 13.1 Å². The van der Waals surface area contributed by atoms with Gasteiger partial charge < -0.3 is 20.5 Å². The summed E-state index contributed by atoms with van der Waals surface area (Å²) in [6.45, 7) is 4.69. The van der Waals surface area contributed by atoms with Crippen LogP contribution >= 0.6 is 0 Å². The maximum atomic E-state index is 13.2. The van der Waals surface area contributed by atoms with E-state index in [-0.39, 0.29) is 12.3 Å². The Morgan fingerprint density at radius 1 is 1.23 bits per heavy atom. The third-order valence-corrected chi connectivity index (χ3v) is 4.45. The van der Waals surface area contributed by atoms with E-state index in [1.165, 1.54) is 0 Å². The van der Waals surface area contributed by atoms with Crippen LogP contribution in [0.3, 0.4) is 0 Å². The van der Waals surface area contributed by atoms with E-state index in [9.17, 15) is 24.3 Å². The predicted octanol–water partition coefficient (Wildman–Crippen LogP) is 1.31. The zero-order valence-electron chi connectivity index (χ0n) is 17.5. The molecule has 1 aromatic rings. The molecule has 2 atom stereocenters. The average Bonchev–Trinajstić information content (AvgIpc) is 3.19. The molecular weight excluding hydrogens is 390 g/mol. The monoisotopic (exact) mass is 419 g/mol. The molecule has 0 bridgehead atoms. The summed E-state index contributed by atoms with van der Waals surface area (Å²) in [6.07, 6.45) is 0.527. The number of rotatable bonds is 7. The standard InChI is InChI=1S/C21H29N3O6/c1-21(2,3)30-20(29)24(13-17(25)26)19(28)16(12-14-8-5-4-6-9-14)23-18(27)15-10-7-11-22-15/h4-6,8-9,15-16,22H,7,10-13H2,1-3H3,(H,23,27)(H,25,26). The second kappa shape index (κ2) is 10.2. The minimum atomic E-state index is -1.36. The van der Waals surface area contributed by atoms with Gasteiger partial charge in [0.05, 0.1) is 6.04 Å². The molecule has 0 spiro atoms. The van der Waals surface area contributed by atoms with Gasteiger partial charge in [-0.2, -0.15) is 0 Å². The number of benzene rings is 1. The van der Waals surface area contributed by atoms with Gasteiger partial charge in [-0.05, 0) is 45.7 Å². The van der Waals surface area contributed by atoms with Gasteiger partial charge >= 0.3 is 12.1 Å². The van der Waals surface area contributed by atoms with Gasteiger partial charge in [-0.25, -0.2) is 9.69 Å². The molecule has 1 aliphatic rings. The molecule has 0 aromatic heterocycles. The summed E-state index contributed by atoms with van der Waals surface area (Å²) in [6, 6.07) is 7.43. The Kier molecular flexibility index (Phi) is 7.93. The van der Waals surface area contributed by atoms with Crippen LogP contribution in [0.1, 0.15) is 39.2 Å². The Hall–Kier alpha value is -2.94. The third-order valence-electron chi connectivity index (χ3n) is 4.45. The zero-order chi connectivity index (χ0) is 22.3. The van der Waals surface area contributed by atoms with Crippen molar-refractivity contribution >= 4 is 23.9 Å². The molecule has 2 unspecified atom stereocenters. The fourth-order valence-corrected chi connectivity index (χ4v) is 3.10. The molecule has 0 saturated carbocycles. The summed E-state index contributed by atoms with van der Waals surface area (Å²) in [5, 5.41) is 14.9. The quantitative estimate of drug-likeness (QED) is 0.608. The molecule has 2 rings (SSSR count). The van der Waals surface area contributed by atoms with Crippen molar-refractivity contribution in [1.82, 2.24) is 15.5 Å². The zero-order valence-corrected chi connectivity index (χ0v) is 17.5. The highest BCUT2D eigenvalue weighted by Gasteiger charge is 2.35. The maximum absolute atomic E-state index is 13.2. The SMILES string of the molecule is CC(C)(C)OC(=O)N(CC(=O)O)C(=O)C(Cc1ccccc1)NC(=O)C1CCCN1. The molecule has 3 N–H and O–H groups in total. The van der Waals surface area contributed by atoms with Gasteiger partial charge in [0.15, 0.2) is 0 Å². The number of nitrogens with one attached hydrogen (secondary N) is 2. The molecule has 1 saturated heterocycles. The van der Waals surface area contributed by atoms with Crippen LogP contribution in [0, 0.1) is 0 Å². The molecule has 1 aliphatic heterocycles. The number of imide groups is 1. The van der Waals surface area contributed by atoms with Crippen molar-refractivity contribution in [3.05, 3.63) is 35.9 Å². The van der Waals surface area contributed by atoms with Crippen molar-refractivity contribution in [2.45, 2.75) is 57.7 Å². The van der Waals surface area contributed by atoms with Crippen molar-refractivity contribution in [2.24, 2.45) is 0 Å². The van der Waals surface area contributed by atoms with Crippen molar-refractivity contribution in [3.8, 4) is 0 Å². The lowest BCUT2D eigenvalue weighted by atomic mass is 10.0. The largest absolute Gasteiger partial charge is 0.480 e. The van der Waals surface area contributed by atoms with Gasteiger partial charge in [-0.3, -0.25) is 14.4 Å². The van der Waals surface area contributed by atoms with Crippen LogP contribution < -0.4 is 10.6 Å². The molecule has 9 nitrogen and oxygen atoms in total. The van der Waals surface area contributed by atoms with E-state index in [1.807, 2.05) is 6.07 Å². The first-order chi connectivity index (χ1) is 14.1. The first-order valence-electron chi connectivity index (χ1n) is 9.90. The van der Waals surface area contributed by atoms with Crippen LogP contribution in [-0.2, 0) is 25.5 Å². The summed E-state index contributed by atoms with van der Waals surface area (Å²) >= 11 is 0. The van der Waals surface area contributed by atoms with Gasteiger partial charge in [0.25, 0.3) is 5.91 Å². The Balaban J connectivity index is 2.26. The molecule has 1 heterocycles. The fourth-order valence-electron chi connectivity index (χ4n) is 3.10. The fraction of sp³-hybridized carbons (Fsp3) is 0.524. The van der Waals surface area contributed by atoms with E-state index in [0.717, 1.165) is 12.0 Å². The second-order valence-corrected chi connectivity index (χ2v) is 8.20. The lowest BCUT2D eigenvalue weighted by Crippen LogP contribution is -2.56. The lowest BCUT2D eigenvalue weighted by Gasteiger charge is -2.28. The summed E-state index contributed by atoms with van der Waals surface area (Å²) in [5.74, 6) is -2.56. The number of ether oxygens (including phenoxy) is 1. The summed E-state index contributed by atoms with van der Waals surface area (Å²) < 4.78 is 5.20. The summed E-state index contributed by atoms with van der Waals surface area (Å²) in [5.41, 5.74) is -0.157. The highest BCUT2D eigenvalue weighted by molar-refractivity contribution is 5.99. The molecular formula is C21H29N3O6. The Morgan fingerprint density at radius 3 is 2.43 bits per heavy atom. The van der Waals surface area contributed by atoms with Crippen LogP contribution in [-0.4, -0.2) is 64.7 Å². The molecule has 1 aromatic carbocycles. The van der Waals surface area contributed by atoms with Crippen molar-refractivity contribution < 1.29 is 29.0 Å². The van der Waals surface area contributed by atoms with Crippen LogP contribution in [0.25, 0.3) is 0 Å². The van der Waals surface area contributed by atoms with Crippen molar-refractivity contribution in [1.29, 1.82) is 0 Å². The van der Waals surface area contributed by atoms with Gasteiger partial charge in [0.1, 0.15) is 18.2 Å². The Labute approximate surface area is 175 Å². The number of carboxylic acid groups (broad SMARTS) is 1. The van der Waals surface area contributed by atoms with E-state index >= 15 is 0 Å². The normalized spacial score (nSPS) is 17.1. The second-order valence-electron chi connectivity index (χ2n) is 8.20. The molecule has 30 heavy (non-hydrogen) atoms. The van der Waals surface area contributed by atoms with E-state index in [4.69, 9.17) is 4.74 Å². The summed E-state index contributed by atoms with van der Waals surface area (Å²) in [7, 11) is 0. The van der Waals surface area contributed by atoms with Crippen LogP contribution in [0.15, 0.2) is 30.3 Å². The molecule has 0 aliphatic carbocycles. The predicted molar refractivity (Wildman–Crippen MR) is 109 cm³/mol. The smallest absolute Gasteiger partial charge is 0.417 e. The molecule has 0 radical (unpaired) electrons. The third kappa shape index (κ3) is 7.14. The van der Waals surface area contributed by atoms with E-state index in [0.29, 0.717) is 17.9 Å². The highest BCUT2D eigenvalue weighted by atomic mass is 16.6. The number of amides is 3. The van der Waals surface area contributed by atoms with E-state index < -0.39 is 42.2 Å². The number of carbonyl (C=O) groups is 4. The Morgan fingerprint density at radius 2 is 1.90 bits per heavy atom. The van der Waals surface area contributed by atoms with Crippen LogP contribution in [0.4, 0.5) is 4.79 Å². The first-order valence-corrected chi connectivity index (χ1v) is 9.90. The average molecular weight is 419 g/mol. The van der Waals surface area contributed by atoms with Gasteiger partial charge in [0.2, 0.25) is 5.91 Å². The topological polar surface area (TPSA) is 125 Å². The lowest BCUT2D eigenvalue weighted by molar-refractivity contribution is -0.145. The number of aliphatic carboxylic acids is 1. The van der Waals surface area contributed by atoms with Gasteiger partial charge in [0, 0.05) is 6.42 Å². The van der Waals surface area contributed by atoms with Gasteiger partial charge in [-0.15, -0.1) is 0 Å². The Bertz CT molecular complexity index is 769. The van der Waals surface area contributed by atoms with Crippen molar-refractivity contribution in [3.63, 3.8) is 0 Å². The molecule has 3 amide bonds. The van der Waals surface area contributed by atoms with Crippen LogP contribution in [0.2, 0.25) is 0 Å². The summed E-state index contributed by atoms with van der Waals surface area (Å²) in [4.78, 5) is 50.2. The maximum Gasteiger partial charge on any atom is 0.417 e. The molecule has 1 fully saturated rings. The number of carbonyl (C=O) groups excluding carboxylic acids is 3. The molecule has 164 valence electrons. The molecule has 9 heteroatoms.